The fourth-order valence-corrected chi connectivity index (χ4v) is 4.18. The van der Waals surface area contributed by atoms with Gasteiger partial charge in [-0.15, -0.1) is 0 Å². The van der Waals surface area contributed by atoms with Crippen LogP contribution in [-0.4, -0.2) is 4.98 Å². The van der Waals surface area contributed by atoms with Gasteiger partial charge in [-0.05, 0) is 47.0 Å². The van der Waals surface area contributed by atoms with E-state index in [1.54, 1.807) is 0 Å². The molecule has 1 aliphatic carbocycles. The summed E-state index contributed by atoms with van der Waals surface area (Å²) in [6, 6.07) is 22.1. The molecule has 0 bridgehead atoms. The van der Waals surface area contributed by atoms with Crippen LogP contribution in [0.25, 0.3) is 32.9 Å². The Morgan fingerprint density at radius 2 is 1.58 bits per heavy atom. The Kier molecular flexibility index (Phi) is 2.55. The molecule has 0 amide bonds. The highest BCUT2D eigenvalue weighted by Crippen LogP contribution is 2.48. The van der Waals surface area contributed by atoms with E-state index in [2.05, 4.69) is 81.4 Å². The maximum absolute atomic E-state index is 5.08. The minimum absolute atomic E-state index is 0.0475. The van der Waals surface area contributed by atoms with E-state index in [-0.39, 0.29) is 5.41 Å². The Bertz CT molecular complexity index is 1130. The molecule has 0 N–H and O–H groups in total. The van der Waals surface area contributed by atoms with Crippen LogP contribution in [0.3, 0.4) is 0 Å². The molecule has 0 atom stereocenters. The standard InChI is InChI=1S/C23H19N/c1-14-10-11-20-16(12-14)13-19-22(24-20)17-8-4-6-15-7-5-9-18(21(15)17)23(19,2)3/h4-13H,1-3H3. The maximum Gasteiger partial charge on any atom is 0.0756 e. The molecule has 0 radical (unpaired) electrons. The number of fused-ring (bicyclic) bond motifs is 3. The molecule has 24 heavy (non-hydrogen) atoms. The molecule has 0 unspecified atom stereocenters. The van der Waals surface area contributed by atoms with Gasteiger partial charge in [-0.2, -0.15) is 0 Å². The SMILES string of the molecule is Cc1ccc2nc3c(cc2c1)C(C)(C)c1cccc2cccc-3c12. The van der Waals surface area contributed by atoms with Crippen molar-refractivity contribution in [2.24, 2.45) is 0 Å². The molecule has 0 saturated heterocycles. The van der Waals surface area contributed by atoms with Crippen LogP contribution in [0, 0.1) is 6.92 Å². The van der Waals surface area contributed by atoms with Gasteiger partial charge in [0, 0.05) is 16.4 Å². The van der Waals surface area contributed by atoms with Gasteiger partial charge in [0.2, 0.25) is 0 Å². The minimum atomic E-state index is -0.0475. The van der Waals surface area contributed by atoms with Crippen molar-refractivity contribution in [3.05, 3.63) is 77.4 Å². The van der Waals surface area contributed by atoms with Crippen LogP contribution in [-0.2, 0) is 5.41 Å². The van der Waals surface area contributed by atoms with Crippen LogP contribution in [0.5, 0.6) is 0 Å². The lowest BCUT2D eigenvalue weighted by Gasteiger charge is -2.34. The number of hydrogen-bond acceptors (Lipinski definition) is 1. The van der Waals surface area contributed by atoms with Crippen LogP contribution in [0.1, 0.15) is 30.5 Å². The van der Waals surface area contributed by atoms with Gasteiger partial charge >= 0.3 is 0 Å². The number of pyridine rings is 1. The van der Waals surface area contributed by atoms with Gasteiger partial charge in [0.05, 0.1) is 11.2 Å². The summed E-state index contributed by atoms with van der Waals surface area (Å²) < 4.78 is 0. The zero-order valence-electron chi connectivity index (χ0n) is 14.2. The summed E-state index contributed by atoms with van der Waals surface area (Å²) >= 11 is 0. The van der Waals surface area contributed by atoms with Crippen LogP contribution >= 0.6 is 0 Å². The third-order valence-corrected chi connectivity index (χ3v) is 5.48. The number of aromatic nitrogens is 1. The molecule has 3 aromatic carbocycles. The minimum Gasteiger partial charge on any atom is -0.247 e. The quantitative estimate of drug-likeness (QED) is 0.388. The van der Waals surface area contributed by atoms with Gasteiger partial charge in [-0.1, -0.05) is 61.9 Å². The highest BCUT2D eigenvalue weighted by molar-refractivity contribution is 6.03. The van der Waals surface area contributed by atoms with Crippen LogP contribution < -0.4 is 0 Å². The molecule has 4 aromatic rings. The normalized spacial score (nSPS) is 14.8. The molecule has 1 heteroatoms. The van der Waals surface area contributed by atoms with E-state index in [1.807, 2.05) is 0 Å². The lowest BCUT2D eigenvalue weighted by Crippen LogP contribution is -2.24. The van der Waals surface area contributed by atoms with Crippen molar-refractivity contribution >= 4 is 21.7 Å². The highest BCUT2D eigenvalue weighted by atomic mass is 14.7. The zero-order chi connectivity index (χ0) is 16.5. The Morgan fingerprint density at radius 3 is 2.42 bits per heavy atom. The Morgan fingerprint density at radius 1 is 0.792 bits per heavy atom. The van der Waals surface area contributed by atoms with Gasteiger partial charge < -0.3 is 0 Å². The van der Waals surface area contributed by atoms with E-state index in [4.69, 9.17) is 4.98 Å². The van der Waals surface area contributed by atoms with E-state index in [1.165, 1.54) is 38.4 Å². The first-order valence-corrected chi connectivity index (χ1v) is 8.50. The van der Waals surface area contributed by atoms with Crippen LogP contribution in [0.15, 0.2) is 60.7 Å². The van der Waals surface area contributed by atoms with Gasteiger partial charge in [-0.25, -0.2) is 4.98 Å². The first kappa shape index (κ1) is 13.7. The summed E-state index contributed by atoms with van der Waals surface area (Å²) in [7, 11) is 0. The van der Waals surface area contributed by atoms with Crippen molar-refractivity contribution in [3.63, 3.8) is 0 Å². The molecule has 1 heterocycles. The number of rotatable bonds is 0. The molecule has 1 aliphatic rings. The molecule has 0 fully saturated rings. The average Bonchev–Trinajstić information content (AvgIpc) is 2.58. The van der Waals surface area contributed by atoms with E-state index in [0.717, 1.165) is 11.2 Å². The number of aryl methyl sites for hydroxylation is 1. The van der Waals surface area contributed by atoms with Crippen molar-refractivity contribution in [2.75, 3.05) is 0 Å². The predicted molar refractivity (Wildman–Crippen MR) is 102 cm³/mol. The lowest BCUT2D eigenvalue weighted by atomic mass is 9.70. The Hall–Kier alpha value is -2.67. The molecule has 0 aliphatic heterocycles. The predicted octanol–water partition coefficient (Wildman–Crippen LogP) is 6.00. The summed E-state index contributed by atoms with van der Waals surface area (Å²) in [6.45, 7) is 6.78. The maximum atomic E-state index is 5.08. The van der Waals surface area contributed by atoms with Gasteiger partial charge in [-0.3, -0.25) is 0 Å². The smallest absolute Gasteiger partial charge is 0.0756 e. The monoisotopic (exact) mass is 309 g/mol. The fraction of sp³-hybridized carbons (Fsp3) is 0.174. The summed E-state index contributed by atoms with van der Waals surface area (Å²) in [5.74, 6) is 0. The van der Waals surface area contributed by atoms with Crippen molar-refractivity contribution in [2.45, 2.75) is 26.2 Å². The second-order valence-electron chi connectivity index (χ2n) is 7.41. The summed E-state index contributed by atoms with van der Waals surface area (Å²) in [5.41, 5.74) is 7.44. The van der Waals surface area contributed by atoms with E-state index < -0.39 is 0 Å². The molecular formula is C23H19N. The fourth-order valence-electron chi connectivity index (χ4n) is 4.18. The topological polar surface area (TPSA) is 12.9 Å². The molecule has 5 rings (SSSR count). The molecule has 0 spiro atoms. The first-order chi connectivity index (χ1) is 11.6. The molecule has 116 valence electrons. The third kappa shape index (κ3) is 1.67. The van der Waals surface area contributed by atoms with Crippen LogP contribution in [0.2, 0.25) is 0 Å². The molecule has 1 nitrogen and oxygen atoms in total. The van der Waals surface area contributed by atoms with Gasteiger partial charge in [0.1, 0.15) is 0 Å². The largest absolute Gasteiger partial charge is 0.247 e. The number of hydrogen-bond donors (Lipinski definition) is 0. The van der Waals surface area contributed by atoms with Crippen molar-refractivity contribution in [3.8, 4) is 11.3 Å². The summed E-state index contributed by atoms with van der Waals surface area (Å²) in [5, 5.41) is 3.89. The zero-order valence-corrected chi connectivity index (χ0v) is 14.2. The van der Waals surface area contributed by atoms with Crippen LogP contribution in [0.4, 0.5) is 0 Å². The van der Waals surface area contributed by atoms with Crippen molar-refractivity contribution < 1.29 is 0 Å². The second kappa shape index (κ2) is 4.45. The Labute approximate surface area is 142 Å². The van der Waals surface area contributed by atoms with Gasteiger partial charge in [0.25, 0.3) is 0 Å². The average molecular weight is 309 g/mol. The first-order valence-electron chi connectivity index (χ1n) is 8.50. The lowest BCUT2D eigenvalue weighted by molar-refractivity contribution is 0.643. The molecular weight excluding hydrogens is 290 g/mol. The van der Waals surface area contributed by atoms with E-state index >= 15 is 0 Å². The summed E-state index contributed by atoms with van der Waals surface area (Å²) in [6.07, 6.45) is 0. The van der Waals surface area contributed by atoms with Crippen molar-refractivity contribution in [1.82, 2.24) is 4.98 Å². The van der Waals surface area contributed by atoms with E-state index in [0.29, 0.717) is 0 Å². The van der Waals surface area contributed by atoms with Crippen molar-refractivity contribution in [1.29, 1.82) is 0 Å². The van der Waals surface area contributed by atoms with Gasteiger partial charge in [0.15, 0.2) is 0 Å². The second-order valence-corrected chi connectivity index (χ2v) is 7.41. The molecule has 0 saturated carbocycles. The third-order valence-electron chi connectivity index (χ3n) is 5.48. The summed E-state index contributed by atoms with van der Waals surface area (Å²) in [4.78, 5) is 5.08. The number of benzene rings is 3. The Balaban J connectivity index is 1.99. The number of nitrogens with zero attached hydrogens (tertiary/aromatic N) is 1. The highest BCUT2D eigenvalue weighted by Gasteiger charge is 2.34. The molecule has 1 aromatic heterocycles. The van der Waals surface area contributed by atoms with E-state index in [9.17, 15) is 0 Å².